The first-order valence-electron chi connectivity index (χ1n) is 4.99. The maximum atomic E-state index is 11.0. The second-order valence-electron chi connectivity index (χ2n) is 3.79. The molecule has 87 valence electrons. The minimum Gasteiger partial charge on any atom is -0.477 e. The second-order valence-corrected chi connectivity index (χ2v) is 3.79. The molecule has 2 rings (SSSR count). The molecule has 1 amide bonds. The third-order valence-electron chi connectivity index (χ3n) is 2.77. The van der Waals surface area contributed by atoms with Crippen LogP contribution in [-0.4, -0.2) is 29.1 Å². The number of carboxylic acid groups (broad SMARTS) is 1. The fourth-order valence-corrected chi connectivity index (χ4v) is 1.80. The van der Waals surface area contributed by atoms with Crippen LogP contribution in [0.3, 0.4) is 0 Å². The van der Waals surface area contributed by atoms with Crippen LogP contribution in [0.5, 0.6) is 0 Å². The first-order chi connectivity index (χ1) is 8.04. The molecule has 0 spiro atoms. The number of rotatable bonds is 3. The van der Waals surface area contributed by atoms with Crippen molar-refractivity contribution in [1.82, 2.24) is 4.57 Å². The van der Waals surface area contributed by atoms with Crippen molar-refractivity contribution in [3.8, 4) is 0 Å². The van der Waals surface area contributed by atoms with Gasteiger partial charge in [0.25, 0.3) is 0 Å². The summed E-state index contributed by atoms with van der Waals surface area (Å²) in [4.78, 5) is 22.8. The van der Waals surface area contributed by atoms with Crippen LogP contribution < -0.4 is 4.90 Å². The lowest BCUT2D eigenvalue weighted by Crippen LogP contribution is -2.13. The molecule has 0 fully saturated rings. The fraction of sp³-hybridized carbons (Fsp3) is 0.167. The molecular formula is C12H11N2O3. The fourth-order valence-electron chi connectivity index (χ4n) is 1.80. The van der Waals surface area contributed by atoms with E-state index in [4.69, 9.17) is 5.11 Å². The number of aromatic carboxylic acids is 1. The zero-order valence-electron chi connectivity index (χ0n) is 9.47. The van der Waals surface area contributed by atoms with Gasteiger partial charge in [-0.3, -0.25) is 4.79 Å². The summed E-state index contributed by atoms with van der Waals surface area (Å²) in [6.45, 7) is 0. The van der Waals surface area contributed by atoms with E-state index >= 15 is 0 Å². The Morgan fingerprint density at radius 2 is 2.12 bits per heavy atom. The van der Waals surface area contributed by atoms with Crippen molar-refractivity contribution in [3.63, 3.8) is 0 Å². The summed E-state index contributed by atoms with van der Waals surface area (Å²) in [5.74, 6) is -0.972. The number of aryl methyl sites for hydroxylation is 1. The van der Waals surface area contributed by atoms with Crippen molar-refractivity contribution in [2.45, 2.75) is 0 Å². The van der Waals surface area contributed by atoms with E-state index in [2.05, 4.69) is 0 Å². The molecule has 1 N–H and O–H groups in total. The minimum atomic E-state index is -0.972. The standard InChI is InChI=1S/C12H11N2O3/c1-13(7-15)9-3-4-10-8(5-9)6-11(12(16)17)14(10)2/h3-6H,1-2H3,(H,16,17). The average molecular weight is 231 g/mol. The Kier molecular flexibility index (Phi) is 2.59. The Morgan fingerprint density at radius 1 is 1.41 bits per heavy atom. The van der Waals surface area contributed by atoms with Crippen LogP contribution in [0.15, 0.2) is 24.3 Å². The van der Waals surface area contributed by atoms with Crippen LogP contribution in [0.4, 0.5) is 5.69 Å². The summed E-state index contributed by atoms with van der Waals surface area (Å²) < 4.78 is 1.60. The lowest BCUT2D eigenvalue weighted by molar-refractivity contribution is 0.0687. The Balaban J connectivity index is 2.63. The molecular weight excluding hydrogens is 220 g/mol. The maximum absolute atomic E-state index is 11.0. The molecule has 0 bridgehead atoms. The Bertz CT molecular complexity index is 601. The summed E-state index contributed by atoms with van der Waals surface area (Å²) in [5.41, 5.74) is 1.70. The van der Waals surface area contributed by atoms with Gasteiger partial charge in [-0.25, -0.2) is 4.79 Å². The summed E-state index contributed by atoms with van der Waals surface area (Å²) in [7, 11) is 3.29. The van der Waals surface area contributed by atoms with Crippen LogP contribution in [0.2, 0.25) is 0 Å². The molecule has 0 atom stereocenters. The zero-order valence-corrected chi connectivity index (χ0v) is 9.47. The Hall–Kier alpha value is -2.30. The molecule has 1 aromatic heterocycles. The number of carbonyl (C=O) groups is 1. The number of hydrogen-bond acceptors (Lipinski definition) is 2. The van der Waals surface area contributed by atoms with Crippen molar-refractivity contribution in [2.75, 3.05) is 11.9 Å². The summed E-state index contributed by atoms with van der Waals surface area (Å²) >= 11 is 0. The van der Waals surface area contributed by atoms with Gasteiger partial charge in [0.05, 0.1) is 0 Å². The Morgan fingerprint density at radius 3 is 2.71 bits per heavy atom. The van der Waals surface area contributed by atoms with Crippen LogP contribution in [0.1, 0.15) is 10.5 Å². The van der Waals surface area contributed by atoms with E-state index in [1.807, 2.05) is 0 Å². The number of amides is 1. The van der Waals surface area contributed by atoms with Gasteiger partial charge >= 0.3 is 12.4 Å². The molecule has 1 radical (unpaired) electrons. The number of carbonyl (C=O) groups excluding carboxylic acids is 1. The molecule has 0 saturated carbocycles. The molecule has 2 aromatic rings. The van der Waals surface area contributed by atoms with E-state index in [-0.39, 0.29) is 5.69 Å². The average Bonchev–Trinajstić information content (AvgIpc) is 2.65. The van der Waals surface area contributed by atoms with Gasteiger partial charge < -0.3 is 14.6 Å². The highest BCUT2D eigenvalue weighted by molar-refractivity contribution is 5.96. The van der Waals surface area contributed by atoms with E-state index in [0.717, 1.165) is 10.9 Å². The lowest BCUT2D eigenvalue weighted by atomic mass is 10.2. The topological polar surface area (TPSA) is 62.5 Å². The van der Waals surface area contributed by atoms with Gasteiger partial charge in [-0.15, -0.1) is 0 Å². The number of fused-ring (bicyclic) bond motifs is 1. The normalized spacial score (nSPS) is 10.5. The van der Waals surface area contributed by atoms with Gasteiger partial charge in [-0.2, -0.15) is 0 Å². The van der Waals surface area contributed by atoms with E-state index in [0.29, 0.717) is 5.69 Å². The van der Waals surface area contributed by atoms with Crippen molar-refractivity contribution in [3.05, 3.63) is 30.0 Å². The first kappa shape index (κ1) is 11.2. The van der Waals surface area contributed by atoms with Crippen molar-refractivity contribution >= 4 is 29.0 Å². The smallest absolute Gasteiger partial charge is 0.352 e. The minimum absolute atomic E-state index is 0.217. The molecule has 0 saturated heterocycles. The largest absolute Gasteiger partial charge is 0.477 e. The summed E-state index contributed by atoms with van der Waals surface area (Å²) in [5, 5.41) is 9.78. The lowest BCUT2D eigenvalue weighted by Gasteiger charge is -2.09. The molecule has 5 nitrogen and oxygen atoms in total. The van der Waals surface area contributed by atoms with Gasteiger partial charge in [0.15, 0.2) is 0 Å². The molecule has 0 unspecified atom stereocenters. The number of anilines is 1. The van der Waals surface area contributed by atoms with Crippen LogP contribution in [0, 0.1) is 0 Å². The molecule has 1 heterocycles. The molecule has 0 aliphatic rings. The number of nitrogens with zero attached hydrogens (tertiary/aromatic N) is 2. The van der Waals surface area contributed by atoms with Crippen LogP contribution >= 0.6 is 0 Å². The van der Waals surface area contributed by atoms with Crippen molar-refractivity contribution < 1.29 is 14.7 Å². The molecule has 17 heavy (non-hydrogen) atoms. The van der Waals surface area contributed by atoms with Crippen LogP contribution in [0.25, 0.3) is 10.9 Å². The van der Waals surface area contributed by atoms with E-state index < -0.39 is 5.97 Å². The molecule has 0 aliphatic carbocycles. The maximum Gasteiger partial charge on any atom is 0.352 e. The number of carboxylic acids is 1. The summed E-state index contributed by atoms with van der Waals surface area (Å²) in [6.07, 6.45) is 1.75. The van der Waals surface area contributed by atoms with Crippen LogP contribution in [-0.2, 0) is 11.8 Å². The predicted octanol–water partition coefficient (Wildman–Crippen LogP) is 1.38. The third-order valence-corrected chi connectivity index (χ3v) is 2.77. The number of benzene rings is 1. The van der Waals surface area contributed by atoms with Gasteiger partial charge in [0.1, 0.15) is 5.69 Å². The van der Waals surface area contributed by atoms with E-state index in [1.165, 1.54) is 4.90 Å². The highest BCUT2D eigenvalue weighted by Gasteiger charge is 2.12. The number of hydrogen-bond donors (Lipinski definition) is 1. The third kappa shape index (κ3) is 1.75. The van der Waals surface area contributed by atoms with Crippen molar-refractivity contribution in [2.24, 2.45) is 7.05 Å². The Labute approximate surface area is 97.9 Å². The van der Waals surface area contributed by atoms with Gasteiger partial charge in [-0.1, -0.05) is 0 Å². The molecule has 5 heteroatoms. The monoisotopic (exact) mass is 231 g/mol. The predicted molar refractivity (Wildman–Crippen MR) is 64.0 cm³/mol. The second kappa shape index (κ2) is 3.93. The SMILES string of the molecule is CN([C]=O)c1ccc2c(c1)cc(C(=O)O)n2C. The van der Waals surface area contributed by atoms with E-state index in [9.17, 15) is 9.59 Å². The van der Waals surface area contributed by atoms with E-state index in [1.54, 1.807) is 49.3 Å². The quantitative estimate of drug-likeness (QED) is 0.812. The molecule has 1 aromatic carbocycles. The summed E-state index contributed by atoms with van der Waals surface area (Å²) in [6, 6.07) is 6.87. The first-order valence-corrected chi connectivity index (χ1v) is 4.99. The zero-order chi connectivity index (χ0) is 12.6. The number of aromatic nitrogens is 1. The highest BCUT2D eigenvalue weighted by atomic mass is 16.4. The van der Waals surface area contributed by atoms with Gasteiger partial charge in [-0.05, 0) is 24.3 Å². The molecule has 0 aliphatic heterocycles. The van der Waals surface area contributed by atoms with Crippen molar-refractivity contribution in [1.29, 1.82) is 0 Å². The van der Waals surface area contributed by atoms with Gasteiger partial charge in [0.2, 0.25) is 0 Å². The van der Waals surface area contributed by atoms with Gasteiger partial charge in [0, 0.05) is 30.7 Å². The highest BCUT2D eigenvalue weighted by Crippen LogP contribution is 2.23.